The van der Waals surface area contributed by atoms with E-state index in [2.05, 4.69) is 15.3 Å². The number of hydrogen-bond donors (Lipinski definition) is 1. The molecule has 2 heterocycles. The van der Waals surface area contributed by atoms with E-state index in [-0.39, 0.29) is 5.50 Å². The van der Waals surface area contributed by atoms with E-state index < -0.39 is 0 Å². The summed E-state index contributed by atoms with van der Waals surface area (Å²) < 4.78 is 1.75. The van der Waals surface area contributed by atoms with E-state index >= 15 is 0 Å². The fourth-order valence-corrected chi connectivity index (χ4v) is 1.59. The van der Waals surface area contributed by atoms with Crippen LogP contribution in [0.2, 0.25) is 0 Å². The molecule has 0 saturated heterocycles. The zero-order chi connectivity index (χ0) is 8.72. The number of rotatable bonds is 1. The van der Waals surface area contributed by atoms with E-state index in [4.69, 9.17) is 5.73 Å². The van der Waals surface area contributed by atoms with Gasteiger partial charge in [-0.3, -0.25) is 0 Å². The van der Waals surface area contributed by atoms with E-state index in [1.165, 1.54) is 0 Å². The lowest BCUT2D eigenvalue weighted by molar-refractivity contribution is 0.650. The standard InChI is InChI=1S/C6H9N5S/c1-3-4(7)5-8-9-6(12-2)11(5)10-3/h6H,7H2,1-2H3. The van der Waals surface area contributed by atoms with Crippen LogP contribution in [-0.4, -0.2) is 16.0 Å². The van der Waals surface area contributed by atoms with Crippen molar-refractivity contribution in [3.8, 4) is 0 Å². The quantitative estimate of drug-likeness (QED) is 0.720. The van der Waals surface area contributed by atoms with E-state index in [9.17, 15) is 0 Å². The SMILES string of the molecule is CSC1N=Nc2c(N)c(C)nn21. The van der Waals surface area contributed by atoms with Gasteiger partial charge in [-0.05, 0) is 13.2 Å². The van der Waals surface area contributed by atoms with Crippen LogP contribution in [0.4, 0.5) is 11.5 Å². The van der Waals surface area contributed by atoms with Gasteiger partial charge in [-0.25, -0.2) is 4.68 Å². The van der Waals surface area contributed by atoms with Crippen LogP contribution in [-0.2, 0) is 0 Å². The van der Waals surface area contributed by atoms with Gasteiger partial charge in [-0.15, -0.1) is 22.0 Å². The second-order valence-electron chi connectivity index (χ2n) is 2.54. The van der Waals surface area contributed by atoms with Crippen molar-refractivity contribution in [3.05, 3.63) is 5.69 Å². The van der Waals surface area contributed by atoms with E-state index in [0.29, 0.717) is 11.5 Å². The summed E-state index contributed by atoms with van der Waals surface area (Å²) in [5.41, 5.74) is 7.15. The minimum absolute atomic E-state index is 0.0315. The topological polar surface area (TPSA) is 68.6 Å². The summed E-state index contributed by atoms with van der Waals surface area (Å²) in [6.45, 7) is 1.87. The maximum absolute atomic E-state index is 5.72. The van der Waals surface area contributed by atoms with Crippen LogP contribution in [0, 0.1) is 6.92 Å². The summed E-state index contributed by atoms with van der Waals surface area (Å²) in [6, 6.07) is 0. The van der Waals surface area contributed by atoms with Crippen LogP contribution in [0.3, 0.4) is 0 Å². The van der Waals surface area contributed by atoms with Crippen molar-refractivity contribution in [3.63, 3.8) is 0 Å². The van der Waals surface area contributed by atoms with Gasteiger partial charge in [0.15, 0.2) is 5.82 Å². The molecule has 0 aromatic carbocycles. The first-order chi connectivity index (χ1) is 5.74. The Bertz CT molecular complexity index is 342. The Kier molecular flexibility index (Phi) is 1.57. The first-order valence-corrected chi connectivity index (χ1v) is 4.81. The van der Waals surface area contributed by atoms with Crippen molar-refractivity contribution in [2.75, 3.05) is 12.0 Å². The highest BCUT2D eigenvalue weighted by molar-refractivity contribution is 7.98. The third kappa shape index (κ3) is 0.842. The molecular formula is C6H9N5S. The molecule has 0 radical (unpaired) electrons. The van der Waals surface area contributed by atoms with E-state index in [1.807, 2.05) is 13.2 Å². The van der Waals surface area contributed by atoms with Gasteiger partial charge in [0.1, 0.15) is 5.69 Å². The molecule has 0 bridgehead atoms. The number of azo groups is 1. The highest BCUT2D eigenvalue weighted by Crippen LogP contribution is 2.38. The number of nitrogens with zero attached hydrogens (tertiary/aromatic N) is 4. The molecule has 0 aliphatic carbocycles. The average molecular weight is 183 g/mol. The average Bonchev–Trinajstić information content (AvgIpc) is 2.55. The van der Waals surface area contributed by atoms with Gasteiger partial charge in [0.25, 0.3) is 0 Å². The summed E-state index contributed by atoms with van der Waals surface area (Å²) in [5.74, 6) is 0.687. The molecule has 0 amide bonds. The van der Waals surface area contributed by atoms with E-state index in [1.54, 1.807) is 16.4 Å². The Labute approximate surface area is 74.0 Å². The Morgan fingerprint density at radius 3 is 3.00 bits per heavy atom. The molecule has 0 fully saturated rings. The second-order valence-corrected chi connectivity index (χ2v) is 3.44. The Hall–Kier alpha value is -1.04. The lowest BCUT2D eigenvalue weighted by Gasteiger charge is -2.01. The maximum atomic E-state index is 5.72. The molecule has 1 aliphatic rings. The fourth-order valence-electron chi connectivity index (χ4n) is 1.10. The highest BCUT2D eigenvalue weighted by atomic mass is 32.2. The van der Waals surface area contributed by atoms with E-state index in [0.717, 1.165) is 5.69 Å². The minimum Gasteiger partial charge on any atom is -0.394 e. The molecular weight excluding hydrogens is 174 g/mol. The molecule has 1 aromatic rings. The smallest absolute Gasteiger partial charge is 0.211 e. The summed E-state index contributed by atoms with van der Waals surface area (Å²) in [5, 5.41) is 12.2. The predicted molar refractivity (Wildman–Crippen MR) is 48.4 cm³/mol. The molecule has 5 nitrogen and oxygen atoms in total. The molecule has 2 N–H and O–H groups in total. The number of fused-ring (bicyclic) bond motifs is 1. The van der Waals surface area contributed by atoms with Gasteiger partial charge >= 0.3 is 0 Å². The molecule has 12 heavy (non-hydrogen) atoms. The number of thioether (sulfide) groups is 1. The molecule has 2 rings (SSSR count). The van der Waals surface area contributed by atoms with Crippen LogP contribution in [0.15, 0.2) is 10.2 Å². The molecule has 64 valence electrons. The highest BCUT2D eigenvalue weighted by Gasteiger charge is 2.23. The number of nitrogen functional groups attached to an aromatic ring is 1. The Morgan fingerprint density at radius 1 is 1.58 bits per heavy atom. The zero-order valence-electron chi connectivity index (χ0n) is 6.85. The fraction of sp³-hybridized carbons (Fsp3) is 0.500. The Morgan fingerprint density at radius 2 is 2.33 bits per heavy atom. The van der Waals surface area contributed by atoms with Crippen LogP contribution in [0.1, 0.15) is 11.2 Å². The molecule has 0 spiro atoms. The largest absolute Gasteiger partial charge is 0.394 e. The van der Waals surface area contributed by atoms with Crippen LogP contribution >= 0.6 is 11.8 Å². The van der Waals surface area contributed by atoms with Crippen molar-refractivity contribution >= 4 is 23.3 Å². The van der Waals surface area contributed by atoms with Crippen molar-refractivity contribution in [1.82, 2.24) is 9.78 Å². The molecule has 0 saturated carbocycles. The van der Waals surface area contributed by atoms with Crippen molar-refractivity contribution in [2.45, 2.75) is 12.4 Å². The molecule has 1 unspecified atom stereocenters. The number of aryl methyl sites for hydroxylation is 1. The van der Waals surface area contributed by atoms with Crippen molar-refractivity contribution in [2.24, 2.45) is 10.2 Å². The number of aromatic nitrogens is 2. The third-order valence-corrected chi connectivity index (χ3v) is 2.49. The second kappa shape index (κ2) is 2.48. The maximum Gasteiger partial charge on any atom is 0.211 e. The summed E-state index contributed by atoms with van der Waals surface area (Å²) in [6.07, 6.45) is 1.96. The lowest BCUT2D eigenvalue weighted by Crippen LogP contribution is -1.99. The first-order valence-electron chi connectivity index (χ1n) is 3.52. The number of hydrogen-bond acceptors (Lipinski definition) is 5. The van der Waals surface area contributed by atoms with Crippen molar-refractivity contribution in [1.29, 1.82) is 0 Å². The van der Waals surface area contributed by atoms with Gasteiger partial charge in [-0.1, -0.05) is 0 Å². The Balaban J connectivity index is 2.53. The summed E-state index contributed by atoms with van der Waals surface area (Å²) in [7, 11) is 0. The van der Waals surface area contributed by atoms with Gasteiger partial charge in [0, 0.05) is 0 Å². The lowest BCUT2D eigenvalue weighted by atomic mass is 10.4. The van der Waals surface area contributed by atoms with Crippen molar-refractivity contribution < 1.29 is 0 Å². The first kappa shape index (κ1) is 7.60. The summed E-state index contributed by atoms with van der Waals surface area (Å²) in [4.78, 5) is 0. The number of anilines is 1. The monoisotopic (exact) mass is 183 g/mol. The third-order valence-electron chi connectivity index (χ3n) is 1.78. The molecule has 1 atom stereocenters. The minimum atomic E-state index is -0.0315. The molecule has 1 aromatic heterocycles. The summed E-state index contributed by atoms with van der Waals surface area (Å²) >= 11 is 1.58. The molecule has 1 aliphatic heterocycles. The van der Waals surface area contributed by atoms with Gasteiger partial charge in [-0.2, -0.15) is 5.10 Å². The van der Waals surface area contributed by atoms with Crippen LogP contribution < -0.4 is 5.73 Å². The van der Waals surface area contributed by atoms with Crippen LogP contribution in [0.5, 0.6) is 0 Å². The molecule has 6 heteroatoms. The normalized spacial score (nSPS) is 20.0. The zero-order valence-corrected chi connectivity index (χ0v) is 7.67. The van der Waals surface area contributed by atoms with Gasteiger partial charge in [0.05, 0.1) is 5.69 Å². The van der Waals surface area contributed by atoms with Gasteiger partial charge < -0.3 is 5.73 Å². The van der Waals surface area contributed by atoms with Gasteiger partial charge in [0.2, 0.25) is 5.50 Å². The predicted octanol–water partition coefficient (Wildman–Crippen LogP) is 1.69. The number of nitrogens with two attached hydrogens (primary N) is 1. The van der Waals surface area contributed by atoms with Crippen LogP contribution in [0.25, 0.3) is 0 Å².